The number of anilines is 1. The van der Waals surface area contributed by atoms with Crippen molar-refractivity contribution in [2.75, 3.05) is 26.1 Å². The number of hydrogen-bond acceptors (Lipinski definition) is 7. The van der Waals surface area contributed by atoms with Crippen LogP contribution in [0.1, 0.15) is 34.8 Å². The normalized spacial score (nSPS) is 10.3. The molecule has 0 saturated heterocycles. The number of carbonyl (C=O) groups is 2. The molecule has 0 aliphatic rings. The molecule has 8 heteroatoms. The van der Waals surface area contributed by atoms with Gasteiger partial charge < -0.3 is 19.9 Å². The zero-order valence-electron chi connectivity index (χ0n) is 13.7. The van der Waals surface area contributed by atoms with Gasteiger partial charge in [0.05, 0.1) is 26.0 Å². The molecule has 0 amide bonds. The first-order valence-corrected chi connectivity index (χ1v) is 7.40. The van der Waals surface area contributed by atoms with Gasteiger partial charge in [0.1, 0.15) is 11.4 Å². The molecule has 24 heavy (non-hydrogen) atoms. The molecule has 0 atom stereocenters. The number of nitrogen functional groups attached to an aromatic ring is 1. The zero-order chi connectivity index (χ0) is 17.7. The SMILES string of the molecule is CCOC(=O)c1nn(-c2ccc(OC)cc2)c(C(=O)OCC)c1N. The summed E-state index contributed by atoms with van der Waals surface area (Å²) in [7, 11) is 1.55. The molecule has 2 N–H and O–H groups in total. The standard InChI is InChI=1S/C16H19N3O5/c1-4-23-15(20)13-12(17)14(16(21)24-5-2)19(18-13)10-6-8-11(22-3)9-7-10/h6-9H,4-5,17H2,1-3H3. The van der Waals surface area contributed by atoms with Gasteiger partial charge in [-0.05, 0) is 38.1 Å². The summed E-state index contributed by atoms with van der Waals surface area (Å²) < 4.78 is 16.3. The Labute approximate surface area is 139 Å². The molecule has 0 aliphatic carbocycles. The summed E-state index contributed by atoms with van der Waals surface area (Å²) in [6.45, 7) is 3.68. The fourth-order valence-corrected chi connectivity index (χ4v) is 2.09. The van der Waals surface area contributed by atoms with Crippen molar-refractivity contribution in [1.29, 1.82) is 0 Å². The molecule has 0 fully saturated rings. The van der Waals surface area contributed by atoms with Crippen molar-refractivity contribution in [2.45, 2.75) is 13.8 Å². The van der Waals surface area contributed by atoms with Crippen LogP contribution in [0, 0.1) is 0 Å². The van der Waals surface area contributed by atoms with E-state index in [-0.39, 0.29) is 30.3 Å². The second-order valence-corrected chi connectivity index (χ2v) is 4.66. The van der Waals surface area contributed by atoms with E-state index in [2.05, 4.69) is 5.10 Å². The maximum atomic E-state index is 12.2. The maximum Gasteiger partial charge on any atom is 0.361 e. The molecule has 1 aromatic carbocycles. The third-order valence-electron chi connectivity index (χ3n) is 3.18. The molecule has 1 heterocycles. The molecule has 0 aliphatic heterocycles. The van der Waals surface area contributed by atoms with Crippen LogP contribution >= 0.6 is 0 Å². The highest BCUT2D eigenvalue weighted by Gasteiger charge is 2.28. The number of aromatic nitrogens is 2. The fraction of sp³-hybridized carbons (Fsp3) is 0.312. The molecule has 0 bridgehead atoms. The van der Waals surface area contributed by atoms with E-state index >= 15 is 0 Å². The van der Waals surface area contributed by atoms with Crippen LogP contribution in [-0.2, 0) is 9.47 Å². The Hall–Kier alpha value is -3.03. The highest BCUT2D eigenvalue weighted by Crippen LogP contribution is 2.24. The minimum Gasteiger partial charge on any atom is -0.497 e. The number of carbonyl (C=O) groups excluding carboxylic acids is 2. The maximum absolute atomic E-state index is 12.2. The zero-order valence-corrected chi connectivity index (χ0v) is 13.7. The number of nitrogens with zero attached hydrogens (tertiary/aromatic N) is 2. The van der Waals surface area contributed by atoms with E-state index < -0.39 is 11.9 Å². The molecule has 128 valence electrons. The Bertz CT molecular complexity index is 737. The molecule has 0 saturated carbocycles. The Balaban J connectivity index is 2.56. The number of rotatable bonds is 6. The number of benzene rings is 1. The van der Waals surface area contributed by atoms with Gasteiger partial charge in [0.2, 0.25) is 0 Å². The van der Waals surface area contributed by atoms with Crippen LogP contribution in [-0.4, -0.2) is 42.0 Å². The highest BCUT2D eigenvalue weighted by molar-refractivity contribution is 6.02. The summed E-state index contributed by atoms with van der Waals surface area (Å²) in [5.41, 5.74) is 6.25. The smallest absolute Gasteiger partial charge is 0.361 e. The van der Waals surface area contributed by atoms with Gasteiger partial charge >= 0.3 is 11.9 Å². The molecule has 1 aromatic heterocycles. The van der Waals surface area contributed by atoms with Gasteiger partial charge in [-0.15, -0.1) is 0 Å². The Morgan fingerprint density at radius 1 is 1.08 bits per heavy atom. The lowest BCUT2D eigenvalue weighted by molar-refractivity contribution is 0.0510. The Morgan fingerprint density at radius 2 is 1.67 bits per heavy atom. The first-order chi connectivity index (χ1) is 11.5. The van der Waals surface area contributed by atoms with Crippen molar-refractivity contribution in [1.82, 2.24) is 9.78 Å². The van der Waals surface area contributed by atoms with Crippen molar-refractivity contribution in [3.63, 3.8) is 0 Å². The van der Waals surface area contributed by atoms with Crippen molar-refractivity contribution in [3.8, 4) is 11.4 Å². The number of hydrogen-bond donors (Lipinski definition) is 1. The van der Waals surface area contributed by atoms with Crippen molar-refractivity contribution in [3.05, 3.63) is 35.7 Å². The van der Waals surface area contributed by atoms with Crippen LogP contribution in [0.2, 0.25) is 0 Å². The van der Waals surface area contributed by atoms with E-state index in [0.29, 0.717) is 11.4 Å². The van der Waals surface area contributed by atoms with E-state index in [1.165, 1.54) is 4.68 Å². The first kappa shape index (κ1) is 17.3. The molecular weight excluding hydrogens is 314 g/mol. The van der Waals surface area contributed by atoms with E-state index in [1.807, 2.05) is 0 Å². The molecule has 0 spiro atoms. The van der Waals surface area contributed by atoms with Crippen molar-refractivity contribution < 1.29 is 23.8 Å². The van der Waals surface area contributed by atoms with E-state index in [1.54, 1.807) is 45.2 Å². The summed E-state index contributed by atoms with van der Waals surface area (Å²) in [6, 6.07) is 6.77. The summed E-state index contributed by atoms with van der Waals surface area (Å²) in [4.78, 5) is 24.2. The average Bonchev–Trinajstić information content (AvgIpc) is 2.93. The summed E-state index contributed by atoms with van der Waals surface area (Å²) >= 11 is 0. The monoisotopic (exact) mass is 333 g/mol. The Morgan fingerprint density at radius 3 is 2.21 bits per heavy atom. The van der Waals surface area contributed by atoms with E-state index in [0.717, 1.165) is 0 Å². The first-order valence-electron chi connectivity index (χ1n) is 7.40. The molecule has 0 radical (unpaired) electrons. The van der Waals surface area contributed by atoms with Crippen molar-refractivity contribution >= 4 is 17.6 Å². The molecule has 0 unspecified atom stereocenters. The number of ether oxygens (including phenoxy) is 3. The predicted octanol–water partition coefficient (Wildman–Crippen LogP) is 1.82. The topological polar surface area (TPSA) is 106 Å². The lowest BCUT2D eigenvalue weighted by Crippen LogP contribution is -2.13. The van der Waals surface area contributed by atoms with Crippen LogP contribution in [0.15, 0.2) is 24.3 Å². The Kier molecular flexibility index (Phi) is 5.41. The lowest BCUT2D eigenvalue weighted by Gasteiger charge is -2.08. The van der Waals surface area contributed by atoms with Crippen LogP contribution in [0.4, 0.5) is 5.69 Å². The third kappa shape index (κ3) is 3.32. The highest BCUT2D eigenvalue weighted by atomic mass is 16.5. The number of esters is 2. The summed E-state index contributed by atoms with van der Waals surface area (Å²) in [6.07, 6.45) is 0. The van der Waals surface area contributed by atoms with Gasteiger partial charge in [0.25, 0.3) is 0 Å². The minimum absolute atomic E-state index is 0.0231. The van der Waals surface area contributed by atoms with Crippen LogP contribution < -0.4 is 10.5 Å². The molecule has 8 nitrogen and oxygen atoms in total. The van der Waals surface area contributed by atoms with Gasteiger partial charge in [-0.3, -0.25) is 0 Å². The van der Waals surface area contributed by atoms with Crippen LogP contribution in [0.5, 0.6) is 5.75 Å². The van der Waals surface area contributed by atoms with Gasteiger partial charge in [-0.2, -0.15) is 5.10 Å². The van der Waals surface area contributed by atoms with Crippen LogP contribution in [0.25, 0.3) is 5.69 Å². The largest absolute Gasteiger partial charge is 0.497 e. The second-order valence-electron chi connectivity index (χ2n) is 4.66. The van der Waals surface area contributed by atoms with E-state index in [9.17, 15) is 9.59 Å². The van der Waals surface area contributed by atoms with Gasteiger partial charge in [-0.25, -0.2) is 14.3 Å². The lowest BCUT2D eigenvalue weighted by atomic mass is 10.2. The van der Waals surface area contributed by atoms with E-state index in [4.69, 9.17) is 19.9 Å². The van der Waals surface area contributed by atoms with Gasteiger partial charge in [0.15, 0.2) is 11.4 Å². The number of methoxy groups -OCH3 is 1. The summed E-state index contributed by atoms with van der Waals surface area (Å²) in [5, 5.41) is 4.13. The minimum atomic E-state index is -0.701. The van der Waals surface area contributed by atoms with Gasteiger partial charge in [0, 0.05) is 0 Å². The van der Waals surface area contributed by atoms with Crippen molar-refractivity contribution in [2.24, 2.45) is 0 Å². The predicted molar refractivity (Wildman–Crippen MR) is 86.4 cm³/mol. The summed E-state index contributed by atoms with van der Waals surface area (Å²) in [5.74, 6) is -0.733. The molecule has 2 aromatic rings. The molecule has 2 rings (SSSR count). The fourth-order valence-electron chi connectivity index (χ4n) is 2.09. The molecular formula is C16H19N3O5. The second kappa shape index (κ2) is 7.49. The van der Waals surface area contributed by atoms with Crippen LogP contribution in [0.3, 0.4) is 0 Å². The number of nitrogens with two attached hydrogens (primary N) is 1. The quantitative estimate of drug-likeness (QED) is 0.804. The van der Waals surface area contributed by atoms with Gasteiger partial charge in [-0.1, -0.05) is 0 Å². The third-order valence-corrected chi connectivity index (χ3v) is 3.18. The average molecular weight is 333 g/mol.